The third-order valence-corrected chi connectivity index (χ3v) is 2.85. The summed E-state index contributed by atoms with van der Waals surface area (Å²) in [7, 11) is 0. The number of aromatic nitrogens is 1. The Hall–Kier alpha value is -0.890. The Morgan fingerprint density at radius 2 is 2.07 bits per heavy atom. The Bertz CT molecular complexity index is 443. The van der Waals surface area contributed by atoms with Gasteiger partial charge < -0.3 is 4.57 Å². The predicted molar refractivity (Wildman–Crippen MR) is 65.0 cm³/mol. The molecule has 0 fully saturated rings. The average molecular weight is 205 g/mol. The minimum absolute atomic E-state index is 0.294. The Labute approximate surface area is 90.1 Å². The number of thiol groups is 1. The lowest BCUT2D eigenvalue weighted by Crippen LogP contribution is -2.00. The maximum Gasteiger partial charge on any atom is 0.0482 e. The molecule has 14 heavy (non-hydrogen) atoms. The number of hydrogen-bond donors (Lipinski definition) is 1. The first kappa shape index (κ1) is 9.66. The highest BCUT2D eigenvalue weighted by Crippen LogP contribution is 2.27. The van der Waals surface area contributed by atoms with E-state index < -0.39 is 0 Å². The van der Waals surface area contributed by atoms with Gasteiger partial charge in [-0.1, -0.05) is 18.2 Å². The highest BCUT2D eigenvalue weighted by atomic mass is 32.1. The van der Waals surface area contributed by atoms with Crippen LogP contribution in [0.1, 0.15) is 24.8 Å². The van der Waals surface area contributed by atoms with E-state index in [2.05, 4.69) is 61.4 Å². The fourth-order valence-electron chi connectivity index (χ4n) is 1.93. The standard InChI is InChI=1S/C12H15NS/c1-3-13-11-7-5-4-6-10(11)8-12(13)9(2)14/h4-9,14H,3H2,1-2H3. The van der Waals surface area contributed by atoms with Gasteiger partial charge in [-0.05, 0) is 31.4 Å². The van der Waals surface area contributed by atoms with Crippen LogP contribution in [-0.4, -0.2) is 4.57 Å². The lowest BCUT2D eigenvalue weighted by Gasteiger charge is -2.09. The second-order valence-electron chi connectivity index (χ2n) is 3.55. The Morgan fingerprint density at radius 1 is 1.36 bits per heavy atom. The Kier molecular flexibility index (Phi) is 2.55. The van der Waals surface area contributed by atoms with Crippen molar-refractivity contribution in [2.45, 2.75) is 25.6 Å². The Balaban J connectivity index is 2.72. The summed E-state index contributed by atoms with van der Waals surface area (Å²) in [4.78, 5) is 0. The number of aryl methyl sites for hydroxylation is 1. The van der Waals surface area contributed by atoms with E-state index in [4.69, 9.17) is 0 Å². The number of para-hydroxylation sites is 1. The zero-order valence-electron chi connectivity index (χ0n) is 8.57. The topological polar surface area (TPSA) is 4.93 Å². The summed E-state index contributed by atoms with van der Waals surface area (Å²) in [6.45, 7) is 5.29. The van der Waals surface area contributed by atoms with E-state index in [1.54, 1.807) is 0 Å². The monoisotopic (exact) mass is 205 g/mol. The first-order chi connectivity index (χ1) is 6.74. The number of fused-ring (bicyclic) bond motifs is 1. The van der Waals surface area contributed by atoms with Crippen molar-refractivity contribution in [3.05, 3.63) is 36.0 Å². The van der Waals surface area contributed by atoms with Gasteiger partial charge in [-0.2, -0.15) is 12.6 Å². The van der Waals surface area contributed by atoms with Crippen LogP contribution < -0.4 is 0 Å². The Morgan fingerprint density at radius 3 is 2.71 bits per heavy atom. The van der Waals surface area contributed by atoms with Gasteiger partial charge in [0.25, 0.3) is 0 Å². The van der Waals surface area contributed by atoms with Crippen molar-refractivity contribution in [1.29, 1.82) is 0 Å². The number of rotatable bonds is 2. The highest BCUT2D eigenvalue weighted by Gasteiger charge is 2.09. The molecule has 2 aromatic rings. The molecule has 74 valence electrons. The maximum absolute atomic E-state index is 4.50. The maximum atomic E-state index is 4.50. The molecule has 0 aliphatic heterocycles. The predicted octanol–water partition coefficient (Wildman–Crippen LogP) is 3.65. The van der Waals surface area contributed by atoms with Crippen molar-refractivity contribution in [2.24, 2.45) is 0 Å². The second-order valence-corrected chi connectivity index (χ2v) is 4.32. The van der Waals surface area contributed by atoms with Crippen LogP contribution in [0.3, 0.4) is 0 Å². The van der Waals surface area contributed by atoms with Gasteiger partial charge in [-0.15, -0.1) is 0 Å². The normalized spacial score (nSPS) is 13.4. The van der Waals surface area contributed by atoms with E-state index in [0.29, 0.717) is 5.25 Å². The number of hydrogen-bond acceptors (Lipinski definition) is 1. The van der Waals surface area contributed by atoms with Crippen molar-refractivity contribution in [2.75, 3.05) is 0 Å². The van der Waals surface area contributed by atoms with Gasteiger partial charge in [0, 0.05) is 23.0 Å². The summed E-state index contributed by atoms with van der Waals surface area (Å²) in [6.07, 6.45) is 0. The van der Waals surface area contributed by atoms with Crippen LogP contribution >= 0.6 is 12.6 Å². The summed E-state index contributed by atoms with van der Waals surface area (Å²) >= 11 is 4.50. The molecule has 1 nitrogen and oxygen atoms in total. The smallest absolute Gasteiger partial charge is 0.0482 e. The molecule has 0 aliphatic rings. The van der Waals surface area contributed by atoms with Crippen LogP contribution in [0.5, 0.6) is 0 Å². The summed E-state index contributed by atoms with van der Waals surface area (Å²) < 4.78 is 2.33. The molecule has 2 heteroatoms. The van der Waals surface area contributed by atoms with E-state index in [9.17, 15) is 0 Å². The molecule has 0 N–H and O–H groups in total. The minimum Gasteiger partial charge on any atom is -0.344 e. The van der Waals surface area contributed by atoms with Crippen LogP contribution in [0, 0.1) is 0 Å². The van der Waals surface area contributed by atoms with Gasteiger partial charge in [-0.3, -0.25) is 0 Å². The van der Waals surface area contributed by atoms with Crippen LogP contribution in [0.15, 0.2) is 30.3 Å². The lowest BCUT2D eigenvalue weighted by atomic mass is 10.2. The van der Waals surface area contributed by atoms with Gasteiger partial charge in [-0.25, -0.2) is 0 Å². The SMILES string of the molecule is CCn1c(C(C)S)cc2ccccc21. The second kappa shape index (κ2) is 3.70. The van der Waals surface area contributed by atoms with Gasteiger partial charge in [0.1, 0.15) is 0 Å². The molecule has 1 atom stereocenters. The van der Waals surface area contributed by atoms with E-state index >= 15 is 0 Å². The number of benzene rings is 1. The molecular formula is C12H15NS. The molecule has 2 rings (SSSR count). The van der Waals surface area contributed by atoms with Crippen molar-refractivity contribution in [1.82, 2.24) is 4.57 Å². The quantitative estimate of drug-likeness (QED) is 0.714. The summed E-state index contributed by atoms with van der Waals surface area (Å²) in [5.74, 6) is 0. The molecule has 1 heterocycles. The van der Waals surface area contributed by atoms with Crippen molar-refractivity contribution < 1.29 is 0 Å². The number of nitrogens with zero attached hydrogens (tertiary/aromatic N) is 1. The molecule has 0 radical (unpaired) electrons. The molecule has 0 bridgehead atoms. The van der Waals surface area contributed by atoms with Gasteiger partial charge in [0.15, 0.2) is 0 Å². The minimum atomic E-state index is 0.294. The van der Waals surface area contributed by atoms with E-state index in [-0.39, 0.29) is 0 Å². The molecule has 0 spiro atoms. The first-order valence-electron chi connectivity index (χ1n) is 5.00. The van der Waals surface area contributed by atoms with E-state index in [1.165, 1.54) is 16.6 Å². The molecule has 0 saturated heterocycles. The highest BCUT2D eigenvalue weighted by molar-refractivity contribution is 7.80. The molecular weight excluding hydrogens is 190 g/mol. The van der Waals surface area contributed by atoms with Crippen molar-refractivity contribution in [3.63, 3.8) is 0 Å². The summed E-state index contributed by atoms with van der Waals surface area (Å²) in [6, 6.07) is 10.7. The van der Waals surface area contributed by atoms with E-state index in [1.807, 2.05) is 0 Å². The fourth-order valence-corrected chi connectivity index (χ4v) is 2.14. The van der Waals surface area contributed by atoms with Gasteiger partial charge in [0.2, 0.25) is 0 Å². The molecule has 0 saturated carbocycles. The molecule has 1 unspecified atom stereocenters. The first-order valence-corrected chi connectivity index (χ1v) is 5.52. The van der Waals surface area contributed by atoms with Crippen LogP contribution in [0.4, 0.5) is 0 Å². The zero-order chi connectivity index (χ0) is 10.1. The largest absolute Gasteiger partial charge is 0.344 e. The van der Waals surface area contributed by atoms with Crippen LogP contribution in [0.25, 0.3) is 10.9 Å². The van der Waals surface area contributed by atoms with Gasteiger partial charge in [0.05, 0.1) is 0 Å². The third kappa shape index (κ3) is 1.44. The van der Waals surface area contributed by atoms with Crippen LogP contribution in [-0.2, 0) is 6.54 Å². The average Bonchev–Trinajstić information content (AvgIpc) is 2.56. The molecule has 1 aromatic heterocycles. The van der Waals surface area contributed by atoms with Gasteiger partial charge >= 0.3 is 0 Å². The van der Waals surface area contributed by atoms with Crippen molar-refractivity contribution in [3.8, 4) is 0 Å². The fraction of sp³-hybridized carbons (Fsp3) is 0.333. The molecule has 0 amide bonds. The third-order valence-electron chi connectivity index (χ3n) is 2.59. The lowest BCUT2D eigenvalue weighted by molar-refractivity contribution is 0.742. The summed E-state index contributed by atoms with van der Waals surface area (Å²) in [5, 5.41) is 1.60. The van der Waals surface area contributed by atoms with E-state index in [0.717, 1.165) is 6.54 Å². The zero-order valence-corrected chi connectivity index (χ0v) is 9.46. The van der Waals surface area contributed by atoms with Crippen LogP contribution in [0.2, 0.25) is 0 Å². The van der Waals surface area contributed by atoms with Crippen molar-refractivity contribution >= 4 is 23.5 Å². The molecule has 0 aliphatic carbocycles. The summed E-state index contributed by atoms with van der Waals surface area (Å²) in [5.41, 5.74) is 2.61. The molecule has 1 aromatic carbocycles.